The van der Waals surface area contributed by atoms with Gasteiger partial charge in [-0.25, -0.2) is 0 Å². The molecule has 114 valence electrons. The van der Waals surface area contributed by atoms with Crippen LogP contribution >= 0.6 is 23.2 Å². The molecule has 1 aromatic rings. The molecule has 0 radical (unpaired) electrons. The van der Waals surface area contributed by atoms with E-state index in [9.17, 15) is 9.59 Å². The van der Waals surface area contributed by atoms with Gasteiger partial charge in [-0.2, -0.15) is 0 Å². The van der Waals surface area contributed by atoms with E-state index in [0.717, 1.165) is 6.42 Å². The van der Waals surface area contributed by atoms with Gasteiger partial charge in [-0.1, -0.05) is 30.1 Å². The summed E-state index contributed by atoms with van der Waals surface area (Å²) in [6.45, 7) is 4.39. The fourth-order valence-electron chi connectivity index (χ4n) is 2.31. The summed E-state index contributed by atoms with van der Waals surface area (Å²) in [5.41, 5.74) is 0.602. The molecule has 0 aromatic heterocycles. The highest BCUT2D eigenvalue weighted by Gasteiger charge is 2.38. The first-order valence-electron chi connectivity index (χ1n) is 7.00. The van der Waals surface area contributed by atoms with Crippen molar-refractivity contribution in [3.63, 3.8) is 0 Å². The topological polar surface area (TPSA) is 49.4 Å². The summed E-state index contributed by atoms with van der Waals surface area (Å²) < 4.78 is 0. The number of carbonyl (C=O) groups excluding carboxylic acids is 2. The van der Waals surface area contributed by atoms with Crippen molar-refractivity contribution in [2.24, 2.45) is 5.92 Å². The molecule has 1 N–H and O–H groups in total. The molecular formula is C15H18Cl2N2O2. The van der Waals surface area contributed by atoms with E-state index in [1.807, 2.05) is 13.8 Å². The molecule has 0 saturated carbocycles. The number of amides is 2. The monoisotopic (exact) mass is 328 g/mol. The number of carbonyl (C=O) groups is 2. The standard InChI is InChI=1S/C15H18Cl2N2O2/c1-3-9(2)18-14(20)11-6-7-19(15(11)21)13-5-4-10(16)8-12(13)17/h4-5,8-9,11H,3,6-7H2,1-2H3,(H,18,20)/t9-,11-/m0/s1. The molecule has 1 saturated heterocycles. The lowest BCUT2D eigenvalue weighted by atomic mass is 10.1. The second-order valence-electron chi connectivity index (χ2n) is 5.24. The smallest absolute Gasteiger partial charge is 0.239 e. The highest BCUT2D eigenvalue weighted by molar-refractivity contribution is 6.37. The Labute approximate surface area is 134 Å². The molecule has 0 unspecified atom stereocenters. The molecule has 0 bridgehead atoms. The maximum atomic E-state index is 12.4. The lowest BCUT2D eigenvalue weighted by Gasteiger charge is -2.19. The molecule has 1 aliphatic rings. The van der Waals surface area contributed by atoms with Crippen LogP contribution in [0.3, 0.4) is 0 Å². The normalized spacial score (nSPS) is 19.7. The number of benzene rings is 1. The number of nitrogens with zero attached hydrogens (tertiary/aromatic N) is 1. The molecule has 2 atom stereocenters. The van der Waals surface area contributed by atoms with Crippen molar-refractivity contribution in [1.29, 1.82) is 0 Å². The van der Waals surface area contributed by atoms with E-state index in [2.05, 4.69) is 5.32 Å². The van der Waals surface area contributed by atoms with Crippen LogP contribution in [0.4, 0.5) is 5.69 Å². The van der Waals surface area contributed by atoms with Gasteiger partial charge in [0.05, 0.1) is 10.7 Å². The zero-order valence-electron chi connectivity index (χ0n) is 12.0. The Morgan fingerprint density at radius 1 is 1.48 bits per heavy atom. The Hall–Kier alpha value is -1.26. The summed E-state index contributed by atoms with van der Waals surface area (Å²) in [4.78, 5) is 26.1. The number of hydrogen-bond acceptors (Lipinski definition) is 2. The quantitative estimate of drug-likeness (QED) is 0.862. The summed E-state index contributed by atoms with van der Waals surface area (Å²) in [6, 6.07) is 5.05. The molecule has 0 aliphatic carbocycles. The SMILES string of the molecule is CC[C@H](C)NC(=O)[C@@H]1CCN(c2ccc(Cl)cc2Cl)C1=O. The molecule has 6 heteroatoms. The lowest BCUT2D eigenvalue weighted by Crippen LogP contribution is -2.40. The Kier molecular flexibility index (Phi) is 5.12. The van der Waals surface area contributed by atoms with Crippen LogP contribution < -0.4 is 10.2 Å². The summed E-state index contributed by atoms with van der Waals surface area (Å²) in [5, 5.41) is 3.79. The third-order valence-corrected chi connectivity index (χ3v) is 4.26. The summed E-state index contributed by atoms with van der Waals surface area (Å²) >= 11 is 12.0. The highest BCUT2D eigenvalue weighted by atomic mass is 35.5. The maximum Gasteiger partial charge on any atom is 0.239 e. The zero-order valence-corrected chi connectivity index (χ0v) is 13.5. The Morgan fingerprint density at radius 2 is 2.19 bits per heavy atom. The minimum atomic E-state index is -0.634. The van der Waals surface area contributed by atoms with Crippen LogP contribution in [0.2, 0.25) is 10.0 Å². The fraction of sp³-hybridized carbons (Fsp3) is 0.467. The van der Waals surface area contributed by atoms with Gasteiger partial charge in [0.1, 0.15) is 5.92 Å². The molecule has 1 fully saturated rings. The molecule has 2 rings (SSSR count). The number of rotatable bonds is 4. The first-order chi connectivity index (χ1) is 9.93. The lowest BCUT2D eigenvalue weighted by molar-refractivity contribution is -0.132. The van der Waals surface area contributed by atoms with Crippen molar-refractivity contribution in [1.82, 2.24) is 5.32 Å². The number of nitrogens with one attached hydrogen (secondary N) is 1. The number of halogens is 2. The van der Waals surface area contributed by atoms with E-state index in [0.29, 0.717) is 28.7 Å². The van der Waals surface area contributed by atoms with Gasteiger partial charge in [-0.15, -0.1) is 0 Å². The molecule has 4 nitrogen and oxygen atoms in total. The molecule has 1 aliphatic heterocycles. The second kappa shape index (κ2) is 6.67. The molecule has 21 heavy (non-hydrogen) atoms. The van der Waals surface area contributed by atoms with E-state index in [-0.39, 0.29) is 17.9 Å². The Morgan fingerprint density at radius 3 is 2.81 bits per heavy atom. The summed E-state index contributed by atoms with van der Waals surface area (Å²) in [5.74, 6) is -1.05. The van der Waals surface area contributed by atoms with Gasteiger partial charge in [0.15, 0.2) is 0 Å². The zero-order chi connectivity index (χ0) is 15.6. The largest absolute Gasteiger partial charge is 0.353 e. The van der Waals surface area contributed by atoms with Crippen LogP contribution in [0.5, 0.6) is 0 Å². The third kappa shape index (κ3) is 3.50. The first-order valence-corrected chi connectivity index (χ1v) is 7.76. The average Bonchev–Trinajstić information content (AvgIpc) is 2.80. The summed E-state index contributed by atoms with van der Waals surface area (Å²) in [6.07, 6.45) is 1.33. The molecule has 0 spiro atoms. The van der Waals surface area contributed by atoms with Crippen molar-refractivity contribution in [2.45, 2.75) is 32.7 Å². The minimum absolute atomic E-state index is 0.0680. The van der Waals surface area contributed by atoms with Crippen LogP contribution in [0.25, 0.3) is 0 Å². The van der Waals surface area contributed by atoms with E-state index < -0.39 is 5.92 Å². The van der Waals surface area contributed by atoms with Gasteiger partial charge in [0, 0.05) is 17.6 Å². The van der Waals surface area contributed by atoms with Gasteiger partial charge in [-0.3, -0.25) is 9.59 Å². The minimum Gasteiger partial charge on any atom is -0.353 e. The Balaban J connectivity index is 2.13. The first kappa shape index (κ1) is 16.1. The van der Waals surface area contributed by atoms with Crippen LogP contribution in [-0.2, 0) is 9.59 Å². The van der Waals surface area contributed by atoms with Gasteiger partial charge in [0.2, 0.25) is 11.8 Å². The highest BCUT2D eigenvalue weighted by Crippen LogP contribution is 2.33. The van der Waals surface area contributed by atoms with Crippen LogP contribution in [0.15, 0.2) is 18.2 Å². The van der Waals surface area contributed by atoms with Crippen LogP contribution in [0, 0.1) is 5.92 Å². The molecule has 2 amide bonds. The summed E-state index contributed by atoms with van der Waals surface area (Å²) in [7, 11) is 0. The average molecular weight is 329 g/mol. The van der Waals surface area contributed by atoms with Crippen molar-refractivity contribution in [3.8, 4) is 0 Å². The van der Waals surface area contributed by atoms with Crippen LogP contribution in [-0.4, -0.2) is 24.4 Å². The van der Waals surface area contributed by atoms with Crippen molar-refractivity contribution in [3.05, 3.63) is 28.2 Å². The third-order valence-electron chi connectivity index (χ3n) is 3.72. The van der Waals surface area contributed by atoms with Crippen molar-refractivity contribution in [2.75, 3.05) is 11.4 Å². The van der Waals surface area contributed by atoms with E-state index in [1.54, 1.807) is 23.1 Å². The predicted molar refractivity (Wildman–Crippen MR) is 84.8 cm³/mol. The fourth-order valence-corrected chi connectivity index (χ4v) is 2.82. The van der Waals surface area contributed by atoms with Crippen molar-refractivity contribution < 1.29 is 9.59 Å². The Bertz CT molecular complexity index is 563. The van der Waals surface area contributed by atoms with Gasteiger partial charge >= 0.3 is 0 Å². The number of anilines is 1. The molecular weight excluding hydrogens is 311 g/mol. The van der Waals surface area contributed by atoms with Gasteiger partial charge in [-0.05, 0) is 38.0 Å². The second-order valence-corrected chi connectivity index (χ2v) is 6.09. The molecule has 1 heterocycles. The van der Waals surface area contributed by atoms with E-state index in [4.69, 9.17) is 23.2 Å². The molecule has 1 aromatic carbocycles. The van der Waals surface area contributed by atoms with E-state index in [1.165, 1.54) is 0 Å². The van der Waals surface area contributed by atoms with Crippen molar-refractivity contribution >= 4 is 40.7 Å². The van der Waals surface area contributed by atoms with Crippen LogP contribution in [0.1, 0.15) is 26.7 Å². The van der Waals surface area contributed by atoms with Gasteiger partial charge < -0.3 is 10.2 Å². The number of hydrogen-bond donors (Lipinski definition) is 1. The van der Waals surface area contributed by atoms with Gasteiger partial charge in [0.25, 0.3) is 0 Å². The van der Waals surface area contributed by atoms with E-state index >= 15 is 0 Å². The maximum absolute atomic E-state index is 12.4. The predicted octanol–water partition coefficient (Wildman–Crippen LogP) is 3.26.